The van der Waals surface area contributed by atoms with Crippen LogP contribution in [0.25, 0.3) is 10.9 Å². The number of fused-ring (bicyclic) bond motifs is 1. The number of methoxy groups -OCH3 is 2. The lowest BCUT2D eigenvalue weighted by atomic mass is 9.93. The van der Waals surface area contributed by atoms with Gasteiger partial charge in [-0.3, -0.25) is 0 Å². The highest BCUT2D eigenvalue weighted by molar-refractivity contribution is 5.93. The lowest BCUT2D eigenvalue weighted by Crippen LogP contribution is -2.40. The van der Waals surface area contributed by atoms with Crippen molar-refractivity contribution in [3.05, 3.63) is 12.1 Å². The number of aromatic nitrogens is 2. The Balaban J connectivity index is 0.000000406. The van der Waals surface area contributed by atoms with E-state index in [1.54, 1.807) is 14.2 Å². The molecule has 2 aromatic rings. The minimum Gasteiger partial charge on any atom is -0.493 e. The molecule has 13 heteroatoms. The average molecular weight is 492 g/mol. The normalized spacial score (nSPS) is 17.9. The number of benzene rings is 1. The predicted octanol–water partition coefficient (Wildman–Crippen LogP) is 4.48. The molecular formula is C21H25F5N4O4. The highest BCUT2D eigenvalue weighted by atomic mass is 19.4. The molecule has 34 heavy (non-hydrogen) atoms. The van der Waals surface area contributed by atoms with Crippen molar-refractivity contribution in [2.75, 3.05) is 37.5 Å². The fraction of sp³-hybridized carbons (Fsp3) is 0.571. The van der Waals surface area contributed by atoms with Gasteiger partial charge in [-0.2, -0.15) is 18.2 Å². The number of anilines is 2. The zero-order valence-corrected chi connectivity index (χ0v) is 18.6. The second kappa shape index (κ2) is 10.0. The third kappa shape index (κ3) is 6.06. The molecular weight excluding hydrogens is 467 g/mol. The van der Waals surface area contributed by atoms with Crippen molar-refractivity contribution in [3.63, 3.8) is 0 Å². The Bertz CT molecular complexity index is 1020. The Labute approximate surface area is 192 Å². The van der Waals surface area contributed by atoms with Gasteiger partial charge in [0.15, 0.2) is 11.5 Å². The van der Waals surface area contributed by atoms with Crippen LogP contribution in [0.1, 0.15) is 32.1 Å². The summed E-state index contributed by atoms with van der Waals surface area (Å²) in [6, 6.07) is 4.06. The molecule has 1 aliphatic heterocycles. The van der Waals surface area contributed by atoms with Crippen molar-refractivity contribution in [1.82, 2.24) is 9.97 Å². The summed E-state index contributed by atoms with van der Waals surface area (Å²) in [6.07, 6.45) is -2.03. The zero-order chi connectivity index (χ0) is 25.1. The fourth-order valence-corrected chi connectivity index (χ4v) is 3.47. The number of piperidine rings is 1. The van der Waals surface area contributed by atoms with Gasteiger partial charge in [0, 0.05) is 43.4 Å². The second-order valence-corrected chi connectivity index (χ2v) is 8.01. The Kier molecular flexibility index (Phi) is 7.51. The molecule has 1 aromatic carbocycles. The van der Waals surface area contributed by atoms with E-state index in [9.17, 15) is 22.0 Å². The molecule has 2 N–H and O–H groups in total. The van der Waals surface area contributed by atoms with Crippen LogP contribution in [0.4, 0.5) is 33.7 Å². The van der Waals surface area contributed by atoms with Crippen LogP contribution in [0.2, 0.25) is 0 Å². The number of aliphatic carboxylic acids is 1. The third-order valence-corrected chi connectivity index (χ3v) is 5.66. The van der Waals surface area contributed by atoms with Gasteiger partial charge in [-0.15, -0.1) is 0 Å². The smallest absolute Gasteiger partial charge is 0.490 e. The Hall–Kier alpha value is -3.12. The molecule has 1 saturated heterocycles. The molecule has 1 saturated carbocycles. The monoisotopic (exact) mass is 492 g/mol. The number of nitrogens with one attached hydrogen (secondary N) is 1. The van der Waals surface area contributed by atoms with Gasteiger partial charge in [0.2, 0.25) is 5.95 Å². The van der Waals surface area contributed by atoms with Gasteiger partial charge in [-0.05, 0) is 25.3 Å². The number of carboxylic acids is 1. The van der Waals surface area contributed by atoms with Crippen molar-refractivity contribution in [2.45, 2.75) is 50.2 Å². The number of halogens is 5. The molecule has 188 valence electrons. The van der Waals surface area contributed by atoms with Crippen molar-refractivity contribution in [2.24, 2.45) is 0 Å². The van der Waals surface area contributed by atoms with Gasteiger partial charge in [0.25, 0.3) is 5.92 Å². The van der Waals surface area contributed by atoms with Crippen molar-refractivity contribution in [1.29, 1.82) is 0 Å². The number of hydrogen-bond donors (Lipinski definition) is 2. The number of alkyl halides is 5. The highest BCUT2D eigenvalue weighted by Crippen LogP contribution is 2.37. The molecule has 1 aromatic heterocycles. The third-order valence-electron chi connectivity index (χ3n) is 5.66. The van der Waals surface area contributed by atoms with E-state index < -0.39 is 18.1 Å². The first-order valence-corrected chi connectivity index (χ1v) is 10.6. The van der Waals surface area contributed by atoms with Crippen molar-refractivity contribution < 1.29 is 41.3 Å². The summed E-state index contributed by atoms with van der Waals surface area (Å²) in [5, 5.41) is 11.4. The summed E-state index contributed by atoms with van der Waals surface area (Å²) in [6.45, 7) is 0.489. The van der Waals surface area contributed by atoms with E-state index in [1.165, 1.54) is 6.42 Å². The quantitative estimate of drug-likeness (QED) is 0.590. The van der Waals surface area contributed by atoms with E-state index in [4.69, 9.17) is 19.4 Å². The minimum atomic E-state index is -5.08. The van der Waals surface area contributed by atoms with E-state index >= 15 is 0 Å². The lowest BCUT2D eigenvalue weighted by molar-refractivity contribution is -0.192. The van der Waals surface area contributed by atoms with E-state index in [0.29, 0.717) is 29.0 Å². The van der Waals surface area contributed by atoms with Crippen LogP contribution >= 0.6 is 0 Å². The van der Waals surface area contributed by atoms with Crippen LogP contribution in [0.5, 0.6) is 11.5 Å². The first kappa shape index (κ1) is 25.5. The highest BCUT2D eigenvalue weighted by Gasteiger charge is 2.38. The molecule has 0 radical (unpaired) electrons. The van der Waals surface area contributed by atoms with E-state index in [-0.39, 0.29) is 25.9 Å². The molecule has 4 rings (SSSR count). The number of ether oxygens (including phenoxy) is 2. The summed E-state index contributed by atoms with van der Waals surface area (Å²) in [4.78, 5) is 20.1. The molecule has 0 amide bonds. The van der Waals surface area contributed by atoms with Crippen LogP contribution in [0.3, 0.4) is 0 Å². The fourth-order valence-electron chi connectivity index (χ4n) is 3.47. The maximum absolute atomic E-state index is 13.5. The minimum absolute atomic E-state index is 0.175. The maximum Gasteiger partial charge on any atom is 0.490 e. The number of carboxylic acid groups (broad SMARTS) is 1. The average Bonchev–Trinajstić information content (AvgIpc) is 2.74. The molecule has 2 fully saturated rings. The molecule has 2 heterocycles. The number of nitrogens with zero attached hydrogens (tertiary/aromatic N) is 3. The molecule has 0 unspecified atom stereocenters. The number of rotatable bonds is 5. The van der Waals surface area contributed by atoms with E-state index in [1.807, 2.05) is 17.0 Å². The van der Waals surface area contributed by atoms with Gasteiger partial charge in [0.1, 0.15) is 5.82 Å². The molecule has 0 atom stereocenters. The lowest BCUT2D eigenvalue weighted by Gasteiger charge is -2.32. The summed E-state index contributed by atoms with van der Waals surface area (Å²) in [5.74, 6) is -2.97. The molecule has 0 bridgehead atoms. The topological polar surface area (TPSA) is 96.8 Å². The van der Waals surface area contributed by atoms with E-state index in [2.05, 4.69) is 15.3 Å². The summed E-state index contributed by atoms with van der Waals surface area (Å²) < 4.78 is 69.6. The largest absolute Gasteiger partial charge is 0.493 e. The Morgan fingerprint density at radius 3 is 2.15 bits per heavy atom. The van der Waals surface area contributed by atoms with Crippen molar-refractivity contribution in [3.8, 4) is 11.5 Å². The summed E-state index contributed by atoms with van der Waals surface area (Å²) >= 11 is 0. The van der Waals surface area contributed by atoms with Gasteiger partial charge in [0.05, 0.1) is 19.7 Å². The summed E-state index contributed by atoms with van der Waals surface area (Å²) in [5.41, 5.74) is 0.705. The van der Waals surface area contributed by atoms with Crippen molar-refractivity contribution >= 4 is 28.6 Å². The van der Waals surface area contributed by atoms with Gasteiger partial charge in [-0.25, -0.2) is 18.6 Å². The molecule has 8 nitrogen and oxygen atoms in total. The molecule has 1 aliphatic carbocycles. The molecule has 0 spiro atoms. The first-order chi connectivity index (χ1) is 15.9. The van der Waals surface area contributed by atoms with Crippen LogP contribution in [0.15, 0.2) is 12.1 Å². The van der Waals surface area contributed by atoms with Crippen LogP contribution in [-0.2, 0) is 4.79 Å². The van der Waals surface area contributed by atoms with Crippen LogP contribution in [0, 0.1) is 0 Å². The van der Waals surface area contributed by atoms with Gasteiger partial charge in [-0.1, -0.05) is 0 Å². The maximum atomic E-state index is 13.5. The van der Waals surface area contributed by atoms with Crippen LogP contribution in [-0.4, -0.2) is 66.5 Å². The number of carbonyl (C=O) groups is 1. The van der Waals surface area contributed by atoms with E-state index in [0.717, 1.165) is 24.0 Å². The Morgan fingerprint density at radius 1 is 1.12 bits per heavy atom. The first-order valence-electron chi connectivity index (χ1n) is 10.6. The zero-order valence-electron chi connectivity index (χ0n) is 18.6. The molecule has 2 aliphatic rings. The number of hydrogen-bond acceptors (Lipinski definition) is 7. The SMILES string of the molecule is COc1cc2nc(N3CCC(F)(F)CC3)nc(NC3CCC3)c2cc1OC.O=C(O)C(F)(F)F. The second-order valence-electron chi connectivity index (χ2n) is 8.01. The van der Waals surface area contributed by atoms with Gasteiger partial charge < -0.3 is 24.8 Å². The predicted molar refractivity (Wildman–Crippen MR) is 114 cm³/mol. The van der Waals surface area contributed by atoms with Gasteiger partial charge >= 0.3 is 12.1 Å². The summed E-state index contributed by atoms with van der Waals surface area (Å²) in [7, 11) is 3.16. The standard InChI is InChI=1S/C19H24F2N4O2.C2HF3O2/c1-26-15-10-13-14(11-16(15)27-2)23-18(24-17(13)22-12-4-3-5-12)25-8-6-19(20,21)7-9-25;3-2(4,5)1(6)7/h10-12H,3-9H2,1-2H3,(H,22,23,24);(H,6,7). The van der Waals surface area contributed by atoms with Crippen LogP contribution < -0.4 is 19.7 Å². The Morgan fingerprint density at radius 2 is 1.68 bits per heavy atom.